The fourth-order valence-corrected chi connectivity index (χ4v) is 4.20. The summed E-state index contributed by atoms with van der Waals surface area (Å²) in [6, 6.07) is 8.11. The molecule has 1 saturated carbocycles. The van der Waals surface area contributed by atoms with Crippen LogP contribution < -0.4 is 0 Å². The van der Waals surface area contributed by atoms with Crippen LogP contribution in [0.4, 0.5) is 0 Å². The van der Waals surface area contributed by atoms with E-state index in [1.807, 2.05) is 18.2 Å². The molecule has 3 fully saturated rings. The van der Waals surface area contributed by atoms with Crippen LogP contribution in [-0.4, -0.2) is 54.0 Å². The number of hydrogen-bond acceptors (Lipinski definition) is 5. The number of amides is 1. The van der Waals surface area contributed by atoms with E-state index in [4.69, 9.17) is 14.2 Å². The summed E-state index contributed by atoms with van der Waals surface area (Å²) in [4.78, 5) is 26.8. The van der Waals surface area contributed by atoms with E-state index in [0.717, 1.165) is 25.7 Å². The minimum absolute atomic E-state index is 0.165. The zero-order chi connectivity index (χ0) is 18.1. The van der Waals surface area contributed by atoms with E-state index in [9.17, 15) is 9.59 Å². The van der Waals surface area contributed by atoms with Gasteiger partial charge >= 0.3 is 5.97 Å². The molecule has 3 atom stereocenters. The third-order valence-electron chi connectivity index (χ3n) is 5.51. The van der Waals surface area contributed by atoms with Crippen molar-refractivity contribution in [2.24, 2.45) is 0 Å². The lowest BCUT2D eigenvalue weighted by atomic mass is 9.94. The summed E-state index contributed by atoms with van der Waals surface area (Å²) in [6.45, 7) is 2.48. The number of carbonyl (C=O) groups excluding carboxylic acids is 2. The van der Waals surface area contributed by atoms with E-state index in [1.165, 1.54) is 6.42 Å². The molecule has 6 heteroatoms. The maximum absolute atomic E-state index is 12.9. The van der Waals surface area contributed by atoms with Crippen molar-refractivity contribution < 1.29 is 23.8 Å². The molecule has 0 N–H and O–H groups in total. The topological polar surface area (TPSA) is 64.8 Å². The fourth-order valence-electron chi connectivity index (χ4n) is 4.20. The van der Waals surface area contributed by atoms with Crippen LogP contribution in [0.2, 0.25) is 0 Å². The summed E-state index contributed by atoms with van der Waals surface area (Å²) in [6.07, 6.45) is 4.86. The Bertz CT molecular complexity index is 670. The van der Waals surface area contributed by atoms with Gasteiger partial charge in [0.1, 0.15) is 6.10 Å². The number of esters is 1. The van der Waals surface area contributed by atoms with Gasteiger partial charge in [0.05, 0.1) is 19.3 Å². The van der Waals surface area contributed by atoms with Gasteiger partial charge in [0.25, 0.3) is 5.91 Å². The van der Waals surface area contributed by atoms with E-state index in [-0.39, 0.29) is 24.0 Å². The summed E-state index contributed by atoms with van der Waals surface area (Å²) < 4.78 is 17.4. The first-order chi connectivity index (χ1) is 12.7. The molecular formula is C20H25NO5. The van der Waals surface area contributed by atoms with E-state index in [0.29, 0.717) is 18.8 Å². The molecule has 2 saturated heterocycles. The molecule has 1 aliphatic carbocycles. The minimum Gasteiger partial charge on any atom is -0.464 e. The Morgan fingerprint density at radius 3 is 2.62 bits per heavy atom. The Balaban J connectivity index is 1.51. The van der Waals surface area contributed by atoms with Crippen molar-refractivity contribution in [2.75, 3.05) is 13.2 Å². The molecule has 26 heavy (non-hydrogen) atoms. The van der Waals surface area contributed by atoms with Crippen molar-refractivity contribution in [3.05, 3.63) is 35.9 Å². The largest absolute Gasteiger partial charge is 0.464 e. The second-order valence-corrected chi connectivity index (χ2v) is 7.20. The molecule has 1 aromatic carbocycles. The Hall–Kier alpha value is -1.92. The van der Waals surface area contributed by atoms with Crippen LogP contribution in [0.1, 0.15) is 49.4 Å². The van der Waals surface area contributed by atoms with Crippen molar-refractivity contribution in [1.82, 2.24) is 4.90 Å². The lowest BCUT2D eigenvalue weighted by Crippen LogP contribution is -2.35. The van der Waals surface area contributed by atoms with Gasteiger partial charge < -0.3 is 19.1 Å². The standard InChI is InChI=1S/C20H25NO5/c1-2-24-19(23)17-16(21(17)18(22)14-9-5-3-6-10-14)15-13-25-20(26-15)11-7-4-8-12-20/h3,5-6,9-10,15-17H,2,4,7-8,11-13H2,1H3/t15-,16+,17+,21?/m1/s1. The molecule has 1 amide bonds. The van der Waals surface area contributed by atoms with Gasteiger partial charge in [-0.3, -0.25) is 4.79 Å². The number of nitrogens with zero attached hydrogens (tertiary/aromatic N) is 1. The number of benzene rings is 1. The highest BCUT2D eigenvalue weighted by Gasteiger charge is 2.63. The molecule has 140 valence electrons. The quantitative estimate of drug-likeness (QED) is 0.611. The number of hydrogen-bond donors (Lipinski definition) is 0. The lowest BCUT2D eigenvalue weighted by Gasteiger charge is -2.31. The Labute approximate surface area is 153 Å². The summed E-state index contributed by atoms with van der Waals surface area (Å²) in [7, 11) is 0. The second-order valence-electron chi connectivity index (χ2n) is 7.20. The molecule has 0 aromatic heterocycles. The zero-order valence-electron chi connectivity index (χ0n) is 15.1. The third-order valence-corrected chi connectivity index (χ3v) is 5.51. The van der Waals surface area contributed by atoms with Crippen LogP contribution in [-0.2, 0) is 19.0 Å². The van der Waals surface area contributed by atoms with Crippen molar-refractivity contribution in [2.45, 2.75) is 63.0 Å². The first-order valence-electron chi connectivity index (χ1n) is 9.51. The third kappa shape index (κ3) is 3.12. The monoisotopic (exact) mass is 359 g/mol. The number of ether oxygens (including phenoxy) is 3. The summed E-state index contributed by atoms with van der Waals surface area (Å²) in [5.41, 5.74) is 0.565. The molecule has 2 aliphatic heterocycles. The molecule has 1 aromatic rings. The van der Waals surface area contributed by atoms with Crippen molar-refractivity contribution in [1.29, 1.82) is 0 Å². The number of rotatable bonds is 4. The molecule has 0 bridgehead atoms. The van der Waals surface area contributed by atoms with Crippen LogP contribution in [0.5, 0.6) is 0 Å². The smallest absolute Gasteiger partial charge is 0.331 e. The predicted octanol–water partition coefficient (Wildman–Crippen LogP) is 2.52. The SMILES string of the molecule is CCOC(=O)[C@@H]1[C@H]([C@H]2COC3(CCCCC3)O2)N1C(=O)c1ccccc1. The van der Waals surface area contributed by atoms with E-state index >= 15 is 0 Å². The maximum Gasteiger partial charge on any atom is 0.331 e. The molecule has 4 rings (SSSR count). The summed E-state index contributed by atoms with van der Waals surface area (Å²) in [5.74, 6) is -1.05. The molecule has 2 heterocycles. The molecule has 6 nitrogen and oxygen atoms in total. The first-order valence-corrected chi connectivity index (χ1v) is 9.51. The van der Waals surface area contributed by atoms with Crippen molar-refractivity contribution in [3.63, 3.8) is 0 Å². The summed E-state index contributed by atoms with van der Waals surface area (Å²) >= 11 is 0. The zero-order valence-corrected chi connectivity index (χ0v) is 15.1. The van der Waals surface area contributed by atoms with Crippen LogP contribution in [0.25, 0.3) is 0 Å². The second kappa shape index (κ2) is 7.00. The molecule has 0 unspecified atom stereocenters. The normalized spacial score (nSPS) is 29.6. The molecule has 1 spiro atoms. The highest BCUT2D eigenvalue weighted by atomic mass is 16.7. The fraction of sp³-hybridized carbons (Fsp3) is 0.600. The van der Waals surface area contributed by atoms with E-state index in [1.54, 1.807) is 24.0 Å². The highest BCUT2D eigenvalue weighted by Crippen LogP contribution is 2.44. The van der Waals surface area contributed by atoms with Gasteiger partial charge in [0.15, 0.2) is 11.8 Å². The van der Waals surface area contributed by atoms with E-state index in [2.05, 4.69) is 0 Å². The van der Waals surface area contributed by atoms with Gasteiger partial charge in [0, 0.05) is 18.4 Å². The van der Waals surface area contributed by atoms with Gasteiger partial charge in [-0.2, -0.15) is 0 Å². The van der Waals surface area contributed by atoms with Crippen LogP contribution >= 0.6 is 0 Å². The highest BCUT2D eigenvalue weighted by molar-refractivity contribution is 6.01. The Kier molecular flexibility index (Phi) is 4.71. The summed E-state index contributed by atoms with van der Waals surface area (Å²) in [5, 5.41) is 0. The first kappa shape index (κ1) is 17.5. The van der Waals surface area contributed by atoms with Gasteiger partial charge in [0.2, 0.25) is 0 Å². The average Bonchev–Trinajstić information content (AvgIpc) is 3.30. The number of carbonyl (C=O) groups is 2. The van der Waals surface area contributed by atoms with Crippen LogP contribution in [0.3, 0.4) is 0 Å². The lowest BCUT2D eigenvalue weighted by molar-refractivity contribution is -0.187. The average molecular weight is 359 g/mol. The van der Waals surface area contributed by atoms with E-state index < -0.39 is 11.8 Å². The maximum atomic E-state index is 12.9. The van der Waals surface area contributed by atoms with Gasteiger partial charge in [-0.15, -0.1) is 0 Å². The molecular weight excluding hydrogens is 334 g/mol. The van der Waals surface area contributed by atoms with Crippen LogP contribution in [0, 0.1) is 0 Å². The van der Waals surface area contributed by atoms with Gasteiger partial charge in [-0.25, -0.2) is 4.79 Å². The van der Waals surface area contributed by atoms with Crippen molar-refractivity contribution >= 4 is 11.9 Å². The van der Waals surface area contributed by atoms with Crippen molar-refractivity contribution in [3.8, 4) is 0 Å². The predicted molar refractivity (Wildman–Crippen MR) is 93.5 cm³/mol. The van der Waals surface area contributed by atoms with Gasteiger partial charge in [-0.1, -0.05) is 24.6 Å². The molecule has 0 radical (unpaired) electrons. The van der Waals surface area contributed by atoms with Gasteiger partial charge in [-0.05, 0) is 31.9 Å². The Morgan fingerprint density at radius 1 is 1.19 bits per heavy atom. The Morgan fingerprint density at radius 2 is 1.92 bits per heavy atom. The molecule has 3 aliphatic rings. The van der Waals surface area contributed by atoms with Crippen LogP contribution in [0.15, 0.2) is 30.3 Å². The minimum atomic E-state index is -0.588.